The van der Waals surface area contributed by atoms with Gasteiger partial charge in [-0.05, 0) is 19.7 Å². The Bertz CT molecular complexity index is 1110. The summed E-state index contributed by atoms with van der Waals surface area (Å²) in [5, 5.41) is 18.7. The van der Waals surface area contributed by atoms with Gasteiger partial charge in [-0.2, -0.15) is 5.10 Å². The zero-order valence-corrected chi connectivity index (χ0v) is 20.2. The fraction of sp³-hybridized carbons (Fsp3) is 0.444. The molecule has 0 radical (unpaired) electrons. The number of carboxylic acid groups (broad SMARTS) is 1. The number of β-lactam (4-membered cyclic amide) rings is 1. The predicted molar refractivity (Wildman–Crippen MR) is 125 cm³/mol. The maximum Gasteiger partial charge on any atom is 0.352 e. The molecule has 2 amide bonds. The Balaban J connectivity index is 1.44. The van der Waals surface area contributed by atoms with E-state index in [4.69, 9.17) is 5.73 Å². The first-order valence-corrected chi connectivity index (χ1v) is 12.7. The minimum absolute atomic E-state index is 0.0287. The molecule has 15 heteroatoms. The zero-order chi connectivity index (χ0) is 23.7. The molecule has 12 nitrogen and oxygen atoms in total. The summed E-state index contributed by atoms with van der Waals surface area (Å²) in [6.45, 7) is 1.45. The number of carboxylic acids is 1. The molecule has 2 aliphatic heterocycles. The van der Waals surface area contributed by atoms with E-state index in [1.165, 1.54) is 40.1 Å². The zero-order valence-electron chi connectivity index (χ0n) is 17.8. The molecule has 0 saturated carbocycles. The van der Waals surface area contributed by atoms with Crippen LogP contribution in [0.2, 0.25) is 0 Å². The summed E-state index contributed by atoms with van der Waals surface area (Å²) < 4.78 is 1.77. The fourth-order valence-electron chi connectivity index (χ4n) is 3.37. The molecule has 0 bridgehead atoms. The minimum Gasteiger partial charge on any atom is -0.477 e. The normalized spacial score (nSPS) is 20.1. The van der Waals surface area contributed by atoms with Gasteiger partial charge in [-0.3, -0.25) is 14.5 Å². The van der Waals surface area contributed by atoms with Crippen LogP contribution in [0.15, 0.2) is 28.1 Å². The van der Waals surface area contributed by atoms with E-state index in [2.05, 4.69) is 20.4 Å². The lowest BCUT2D eigenvalue weighted by Crippen LogP contribution is -2.70. The average molecular weight is 511 g/mol. The van der Waals surface area contributed by atoms with Crippen molar-refractivity contribution < 1.29 is 19.5 Å². The lowest BCUT2D eigenvalue weighted by Gasteiger charge is -2.49. The van der Waals surface area contributed by atoms with Crippen LogP contribution in [-0.4, -0.2) is 96.0 Å². The van der Waals surface area contributed by atoms with Crippen LogP contribution in [0.1, 0.15) is 10.5 Å². The molecule has 33 heavy (non-hydrogen) atoms. The van der Waals surface area contributed by atoms with Gasteiger partial charge in [0.2, 0.25) is 0 Å². The number of nitrogen functional groups attached to an aromatic ring is 1. The highest BCUT2D eigenvalue weighted by atomic mass is 32.2. The molecular weight excluding hydrogens is 488 g/mol. The number of anilines is 1. The van der Waals surface area contributed by atoms with Crippen LogP contribution in [0.3, 0.4) is 0 Å². The molecule has 0 aromatic carbocycles. The molecule has 2 atom stereocenters. The summed E-state index contributed by atoms with van der Waals surface area (Å²) in [4.78, 5) is 48.7. The van der Waals surface area contributed by atoms with Gasteiger partial charge in [-0.1, -0.05) is 11.8 Å². The van der Waals surface area contributed by atoms with Gasteiger partial charge in [-0.15, -0.1) is 23.1 Å². The third kappa shape index (κ3) is 4.85. The van der Waals surface area contributed by atoms with Gasteiger partial charge in [0.15, 0.2) is 10.3 Å². The van der Waals surface area contributed by atoms with Crippen molar-refractivity contribution in [2.75, 3.05) is 37.9 Å². The molecule has 0 aliphatic carbocycles. The molecule has 2 aliphatic rings. The van der Waals surface area contributed by atoms with Crippen LogP contribution >= 0.6 is 34.9 Å². The van der Waals surface area contributed by atoms with Crippen LogP contribution in [-0.2, 0) is 16.1 Å². The predicted octanol–water partition coefficient (Wildman–Crippen LogP) is 0.0229. The lowest BCUT2D eigenvalue weighted by atomic mass is 10.0. The minimum atomic E-state index is -1.17. The fourth-order valence-corrected chi connectivity index (χ4v) is 6.34. The second-order valence-corrected chi connectivity index (χ2v) is 10.5. The van der Waals surface area contributed by atoms with Crippen molar-refractivity contribution in [3.63, 3.8) is 0 Å². The monoisotopic (exact) mass is 510 g/mol. The Labute approximate surface area is 201 Å². The van der Waals surface area contributed by atoms with Gasteiger partial charge in [0, 0.05) is 23.4 Å². The molecule has 2 aromatic heterocycles. The van der Waals surface area contributed by atoms with Crippen LogP contribution in [0.25, 0.3) is 0 Å². The van der Waals surface area contributed by atoms with E-state index in [1.807, 2.05) is 19.0 Å². The molecule has 4 heterocycles. The van der Waals surface area contributed by atoms with Crippen LogP contribution < -0.4 is 11.1 Å². The number of thioether (sulfide) groups is 2. The number of aromatic nitrogens is 4. The molecule has 0 spiro atoms. The number of hydrogen-bond acceptors (Lipinski definition) is 11. The number of hydrogen-bond donors (Lipinski definition) is 3. The van der Waals surface area contributed by atoms with E-state index in [0.717, 1.165) is 17.9 Å². The highest BCUT2D eigenvalue weighted by Gasteiger charge is 2.54. The van der Waals surface area contributed by atoms with E-state index < -0.39 is 29.2 Å². The average Bonchev–Trinajstić information content (AvgIpc) is 3.42. The molecule has 176 valence electrons. The lowest BCUT2D eigenvalue weighted by molar-refractivity contribution is -0.148. The number of carbonyl (C=O) groups is 3. The summed E-state index contributed by atoms with van der Waals surface area (Å²) in [7, 11) is 3.94. The Morgan fingerprint density at radius 3 is 2.88 bits per heavy atom. The highest BCUT2D eigenvalue weighted by Crippen LogP contribution is 2.41. The maximum absolute atomic E-state index is 12.8. The third-order valence-electron chi connectivity index (χ3n) is 5.01. The summed E-state index contributed by atoms with van der Waals surface area (Å²) in [6, 6.07) is -0.817. The Morgan fingerprint density at radius 1 is 1.42 bits per heavy atom. The topological polar surface area (TPSA) is 160 Å². The first kappa shape index (κ1) is 23.5. The summed E-state index contributed by atoms with van der Waals surface area (Å²) in [5.74, 6) is -1.36. The number of nitrogens with one attached hydrogen (secondary N) is 1. The quantitative estimate of drug-likeness (QED) is 0.308. The van der Waals surface area contributed by atoms with Crippen molar-refractivity contribution in [3.8, 4) is 0 Å². The molecule has 4 N–H and O–H groups in total. The molecule has 2 aromatic rings. The van der Waals surface area contributed by atoms with Crippen molar-refractivity contribution in [1.82, 2.24) is 34.9 Å². The van der Waals surface area contributed by atoms with Gasteiger partial charge in [0.25, 0.3) is 11.8 Å². The number of aliphatic carboxylic acids is 1. The van der Waals surface area contributed by atoms with Crippen molar-refractivity contribution in [2.45, 2.75) is 23.1 Å². The number of thiazole rings is 1. The molecule has 0 unspecified atom stereocenters. The third-order valence-corrected chi connectivity index (χ3v) is 8.09. The van der Waals surface area contributed by atoms with Crippen molar-refractivity contribution in [2.24, 2.45) is 0 Å². The highest BCUT2D eigenvalue weighted by molar-refractivity contribution is 8.01. The van der Waals surface area contributed by atoms with E-state index in [9.17, 15) is 19.5 Å². The number of likely N-dealkylation sites (N-methyl/N-ethyl adjacent to an activating group) is 1. The number of nitrogens with zero attached hydrogens (tertiary/aromatic N) is 6. The van der Waals surface area contributed by atoms with E-state index in [0.29, 0.717) is 28.8 Å². The van der Waals surface area contributed by atoms with Gasteiger partial charge in [-0.25, -0.2) is 19.4 Å². The van der Waals surface area contributed by atoms with Gasteiger partial charge < -0.3 is 21.1 Å². The molecule has 4 rings (SSSR count). The second kappa shape index (κ2) is 9.70. The second-order valence-electron chi connectivity index (χ2n) is 7.55. The Kier molecular flexibility index (Phi) is 6.92. The summed E-state index contributed by atoms with van der Waals surface area (Å²) in [5.41, 5.74) is 6.29. The summed E-state index contributed by atoms with van der Waals surface area (Å²) >= 11 is 3.93. The first-order valence-electron chi connectivity index (χ1n) is 9.83. The standard InChI is InChI=1S/C18H22N8O4S3/c1-24(2)3-4-25-18(20-8-21-25)33-6-9-5-31-15-11(14(28)26(15)12(9)16(29)30)23-13(27)10-7-32-17(19)22-10/h7-8,11,15H,3-6H2,1-2H3,(H2,19,22)(H,23,27)(H,29,30)/t11-,15-/m1/s1. The molecule has 1 saturated heterocycles. The maximum atomic E-state index is 12.8. The largest absolute Gasteiger partial charge is 0.477 e. The summed E-state index contributed by atoms with van der Waals surface area (Å²) in [6.07, 6.45) is 1.47. The number of rotatable bonds is 9. The van der Waals surface area contributed by atoms with Crippen molar-refractivity contribution in [1.29, 1.82) is 0 Å². The van der Waals surface area contributed by atoms with Crippen molar-refractivity contribution in [3.05, 3.63) is 28.7 Å². The van der Waals surface area contributed by atoms with Crippen molar-refractivity contribution >= 4 is 57.8 Å². The van der Waals surface area contributed by atoms with Crippen LogP contribution in [0.4, 0.5) is 5.13 Å². The number of fused-ring (bicyclic) bond motifs is 1. The number of nitrogens with two attached hydrogens (primary N) is 1. The van der Waals surface area contributed by atoms with Gasteiger partial charge >= 0.3 is 5.97 Å². The molecular formula is C18H22N8O4S3. The van der Waals surface area contributed by atoms with Gasteiger partial charge in [0.05, 0.1) is 6.54 Å². The van der Waals surface area contributed by atoms with Crippen LogP contribution in [0.5, 0.6) is 0 Å². The molecule has 1 fully saturated rings. The van der Waals surface area contributed by atoms with E-state index in [1.54, 1.807) is 4.68 Å². The number of amides is 2. The smallest absolute Gasteiger partial charge is 0.352 e. The SMILES string of the molecule is CN(C)CCn1ncnc1SCC1=C(C(=O)O)N2C(=O)[C@@H](NC(=O)c3csc(N)n3)[C@H]2SC1. The van der Waals surface area contributed by atoms with E-state index in [-0.39, 0.29) is 16.5 Å². The van der Waals surface area contributed by atoms with Crippen LogP contribution in [0, 0.1) is 0 Å². The Morgan fingerprint density at radius 2 is 2.21 bits per heavy atom. The number of carbonyl (C=O) groups excluding carboxylic acids is 2. The van der Waals surface area contributed by atoms with Gasteiger partial charge in [0.1, 0.15) is 29.1 Å². The van der Waals surface area contributed by atoms with E-state index >= 15 is 0 Å². The first-order chi connectivity index (χ1) is 15.8. The Hall–Kier alpha value is -2.62.